The van der Waals surface area contributed by atoms with Crippen LogP contribution in [0.25, 0.3) is 11.0 Å². The third kappa shape index (κ3) is 2.84. The summed E-state index contributed by atoms with van der Waals surface area (Å²) < 4.78 is 3.89. The van der Waals surface area contributed by atoms with Gasteiger partial charge in [-0.1, -0.05) is 6.92 Å². The lowest BCUT2D eigenvalue weighted by atomic mass is 10.2. The molecule has 0 aliphatic rings. The van der Waals surface area contributed by atoms with Crippen LogP contribution in [0.5, 0.6) is 0 Å². The van der Waals surface area contributed by atoms with Crippen LogP contribution in [0.15, 0.2) is 24.3 Å². The molecule has 1 N–H and O–H groups in total. The SMILES string of the molecule is CCCn1c(C)nc2cc(NC(=O)c3cc(C)n(C)n3)ccc21. The number of hydrogen-bond donors (Lipinski definition) is 1. The second kappa shape index (κ2) is 5.87. The highest BCUT2D eigenvalue weighted by atomic mass is 16.1. The van der Waals surface area contributed by atoms with Crippen molar-refractivity contribution in [3.05, 3.63) is 41.5 Å². The number of aromatic nitrogens is 4. The minimum Gasteiger partial charge on any atom is -0.328 e. The molecule has 6 heteroatoms. The third-order valence-corrected chi connectivity index (χ3v) is 3.99. The summed E-state index contributed by atoms with van der Waals surface area (Å²) in [5.41, 5.74) is 4.08. The number of carbonyl (C=O) groups excluding carboxylic acids is 1. The number of hydrogen-bond acceptors (Lipinski definition) is 3. The first-order valence-corrected chi connectivity index (χ1v) is 7.78. The van der Waals surface area contributed by atoms with E-state index in [1.54, 1.807) is 10.7 Å². The van der Waals surface area contributed by atoms with Gasteiger partial charge in [0.2, 0.25) is 0 Å². The minimum absolute atomic E-state index is 0.210. The second-order valence-electron chi connectivity index (χ2n) is 5.76. The average Bonchev–Trinajstić information content (AvgIpc) is 3.00. The van der Waals surface area contributed by atoms with Crippen LogP contribution in [-0.4, -0.2) is 25.2 Å². The third-order valence-electron chi connectivity index (χ3n) is 3.99. The number of anilines is 1. The highest BCUT2D eigenvalue weighted by molar-refractivity contribution is 6.03. The molecule has 120 valence electrons. The first-order chi connectivity index (χ1) is 11.0. The number of imidazole rings is 1. The Kier molecular flexibility index (Phi) is 3.90. The van der Waals surface area contributed by atoms with Crippen molar-refractivity contribution in [1.29, 1.82) is 0 Å². The topological polar surface area (TPSA) is 64.7 Å². The summed E-state index contributed by atoms with van der Waals surface area (Å²) in [5.74, 6) is 0.781. The van der Waals surface area contributed by atoms with E-state index in [2.05, 4.69) is 26.9 Å². The molecule has 6 nitrogen and oxygen atoms in total. The molecule has 2 aromatic heterocycles. The van der Waals surface area contributed by atoms with Gasteiger partial charge in [-0.2, -0.15) is 5.10 Å². The summed E-state index contributed by atoms with van der Waals surface area (Å²) in [5, 5.41) is 7.08. The van der Waals surface area contributed by atoms with Crippen molar-refractivity contribution in [3.8, 4) is 0 Å². The number of amides is 1. The second-order valence-corrected chi connectivity index (χ2v) is 5.76. The molecule has 0 fully saturated rings. The smallest absolute Gasteiger partial charge is 0.276 e. The Morgan fingerprint density at radius 3 is 2.70 bits per heavy atom. The van der Waals surface area contributed by atoms with E-state index in [1.165, 1.54) is 0 Å². The lowest BCUT2D eigenvalue weighted by Crippen LogP contribution is -2.13. The molecule has 0 saturated heterocycles. The van der Waals surface area contributed by atoms with Gasteiger partial charge in [0.05, 0.1) is 11.0 Å². The van der Waals surface area contributed by atoms with E-state index in [9.17, 15) is 4.79 Å². The van der Waals surface area contributed by atoms with Crippen molar-refractivity contribution in [1.82, 2.24) is 19.3 Å². The normalized spacial score (nSPS) is 11.1. The van der Waals surface area contributed by atoms with Gasteiger partial charge in [0, 0.05) is 25.0 Å². The quantitative estimate of drug-likeness (QED) is 0.805. The molecule has 3 rings (SSSR count). The van der Waals surface area contributed by atoms with E-state index in [0.717, 1.165) is 41.2 Å². The highest BCUT2D eigenvalue weighted by Gasteiger charge is 2.13. The molecular formula is C17H21N5O. The number of aryl methyl sites for hydroxylation is 4. The van der Waals surface area contributed by atoms with Crippen LogP contribution >= 0.6 is 0 Å². The van der Waals surface area contributed by atoms with E-state index in [4.69, 9.17) is 0 Å². The fourth-order valence-electron chi connectivity index (χ4n) is 2.70. The first-order valence-electron chi connectivity index (χ1n) is 7.78. The molecule has 0 unspecified atom stereocenters. The fourth-order valence-corrected chi connectivity index (χ4v) is 2.70. The number of fused-ring (bicyclic) bond motifs is 1. The summed E-state index contributed by atoms with van der Waals surface area (Å²) in [6.45, 7) is 7.01. The van der Waals surface area contributed by atoms with Crippen molar-refractivity contribution in [2.24, 2.45) is 7.05 Å². The van der Waals surface area contributed by atoms with Crippen LogP contribution in [0, 0.1) is 13.8 Å². The molecule has 1 aromatic carbocycles. The lowest BCUT2D eigenvalue weighted by Gasteiger charge is -2.06. The van der Waals surface area contributed by atoms with Crippen LogP contribution in [-0.2, 0) is 13.6 Å². The van der Waals surface area contributed by atoms with Crippen LogP contribution in [0.4, 0.5) is 5.69 Å². The molecule has 3 aromatic rings. The summed E-state index contributed by atoms with van der Waals surface area (Å²) >= 11 is 0. The fraction of sp³-hybridized carbons (Fsp3) is 0.353. The van der Waals surface area contributed by atoms with Crippen molar-refractivity contribution in [2.45, 2.75) is 33.7 Å². The number of carbonyl (C=O) groups is 1. The van der Waals surface area contributed by atoms with E-state index >= 15 is 0 Å². The van der Waals surface area contributed by atoms with Gasteiger partial charge in [-0.05, 0) is 44.5 Å². The first kappa shape index (κ1) is 15.3. The van der Waals surface area contributed by atoms with Crippen LogP contribution in [0.1, 0.15) is 35.4 Å². The van der Waals surface area contributed by atoms with Gasteiger partial charge < -0.3 is 9.88 Å². The largest absolute Gasteiger partial charge is 0.328 e. The molecule has 0 radical (unpaired) electrons. The molecule has 23 heavy (non-hydrogen) atoms. The number of benzene rings is 1. The van der Waals surface area contributed by atoms with Crippen LogP contribution < -0.4 is 5.32 Å². The van der Waals surface area contributed by atoms with Gasteiger partial charge in [0.15, 0.2) is 5.69 Å². The Bertz CT molecular complexity index is 855. The molecule has 1 amide bonds. The Hall–Kier alpha value is -2.63. The molecule has 0 aliphatic heterocycles. The van der Waals surface area contributed by atoms with Gasteiger partial charge >= 0.3 is 0 Å². The number of nitrogens with zero attached hydrogens (tertiary/aromatic N) is 4. The summed E-state index contributed by atoms with van der Waals surface area (Å²) in [7, 11) is 1.82. The Labute approximate surface area is 135 Å². The van der Waals surface area contributed by atoms with Crippen molar-refractivity contribution >= 4 is 22.6 Å². The molecule has 2 heterocycles. The molecule has 0 saturated carbocycles. The number of nitrogens with one attached hydrogen (secondary N) is 1. The van der Waals surface area contributed by atoms with E-state index in [0.29, 0.717) is 5.69 Å². The zero-order valence-corrected chi connectivity index (χ0v) is 13.9. The molecule has 0 spiro atoms. The maximum Gasteiger partial charge on any atom is 0.276 e. The minimum atomic E-state index is -0.210. The van der Waals surface area contributed by atoms with Crippen LogP contribution in [0.2, 0.25) is 0 Å². The average molecular weight is 311 g/mol. The van der Waals surface area contributed by atoms with Gasteiger partial charge in [-0.3, -0.25) is 9.48 Å². The predicted molar refractivity (Wildman–Crippen MR) is 90.7 cm³/mol. The molecule has 0 aliphatic carbocycles. The van der Waals surface area contributed by atoms with Gasteiger partial charge in [0.25, 0.3) is 5.91 Å². The monoisotopic (exact) mass is 311 g/mol. The molecular weight excluding hydrogens is 290 g/mol. The zero-order valence-electron chi connectivity index (χ0n) is 13.9. The van der Waals surface area contributed by atoms with E-state index in [1.807, 2.05) is 39.1 Å². The van der Waals surface area contributed by atoms with Gasteiger partial charge in [-0.25, -0.2) is 4.98 Å². The summed E-state index contributed by atoms with van der Waals surface area (Å²) in [6.07, 6.45) is 1.06. The molecule has 0 atom stereocenters. The maximum absolute atomic E-state index is 12.3. The lowest BCUT2D eigenvalue weighted by molar-refractivity contribution is 0.102. The van der Waals surface area contributed by atoms with E-state index in [-0.39, 0.29) is 5.91 Å². The standard InChI is InChI=1S/C17H21N5O/c1-5-8-22-12(3)18-14-10-13(6-7-16(14)22)19-17(23)15-9-11(2)21(4)20-15/h6-7,9-10H,5,8H2,1-4H3,(H,19,23). The van der Waals surface area contributed by atoms with Crippen molar-refractivity contribution < 1.29 is 4.79 Å². The van der Waals surface area contributed by atoms with Gasteiger partial charge in [-0.15, -0.1) is 0 Å². The van der Waals surface area contributed by atoms with Crippen molar-refractivity contribution in [2.75, 3.05) is 5.32 Å². The van der Waals surface area contributed by atoms with Crippen molar-refractivity contribution in [3.63, 3.8) is 0 Å². The zero-order chi connectivity index (χ0) is 16.6. The highest BCUT2D eigenvalue weighted by Crippen LogP contribution is 2.21. The Balaban J connectivity index is 1.87. The van der Waals surface area contributed by atoms with E-state index < -0.39 is 0 Å². The Morgan fingerprint density at radius 2 is 2.04 bits per heavy atom. The number of rotatable bonds is 4. The van der Waals surface area contributed by atoms with Crippen LogP contribution in [0.3, 0.4) is 0 Å². The predicted octanol–water partition coefficient (Wildman–Crippen LogP) is 3.05. The molecule has 0 bridgehead atoms. The summed E-state index contributed by atoms with van der Waals surface area (Å²) in [6, 6.07) is 7.59. The Morgan fingerprint density at radius 1 is 1.26 bits per heavy atom. The summed E-state index contributed by atoms with van der Waals surface area (Å²) in [4.78, 5) is 16.9. The maximum atomic E-state index is 12.3. The van der Waals surface area contributed by atoms with Gasteiger partial charge in [0.1, 0.15) is 5.82 Å².